The van der Waals surface area contributed by atoms with Gasteiger partial charge in [-0.25, -0.2) is 0 Å². The molecule has 17 heavy (non-hydrogen) atoms. The maximum absolute atomic E-state index is 8.83. The van der Waals surface area contributed by atoms with Crippen molar-refractivity contribution >= 4 is 5.69 Å². The van der Waals surface area contributed by atoms with E-state index in [0.717, 1.165) is 18.0 Å². The number of hydrogen-bond acceptors (Lipinski definition) is 3. The number of nitrogens with zero attached hydrogens (tertiary/aromatic N) is 2. The zero-order valence-electron chi connectivity index (χ0n) is 10.4. The first kappa shape index (κ1) is 11.8. The summed E-state index contributed by atoms with van der Waals surface area (Å²) in [5.41, 5.74) is 1.32. The molecule has 2 rings (SSSR count). The number of ether oxygens (including phenoxy) is 1. The SMILES string of the molecule is COc1ccccc1N(C)CC1(CC#N)CC1. The molecule has 0 radical (unpaired) electrons. The lowest BCUT2D eigenvalue weighted by atomic mass is 10.0. The molecule has 0 saturated heterocycles. The Morgan fingerprint density at radius 1 is 1.41 bits per heavy atom. The molecule has 1 aliphatic carbocycles. The van der Waals surface area contributed by atoms with Gasteiger partial charge in [-0.2, -0.15) is 5.26 Å². The number of hydrogen-bond donors (Lipinski definition) is 0. The predicted octanol–water partition coefficient (Wildman–Crippen LogP) is 2.83. The molecule has 1 aromatic carbocycles. The fourth-order valence-electron chi connectivity index (χ4n) is 2.27. The van der Waals surface area contributed by atoms with Gasteiger partial charge in [-0.1, -0.05) is 12.1 Å². The van der Waals surface area contributed by atoms with Crippen LogP contribution in [0.4, 0.5) is 5.69 Å². The van der Waals surface area contributed by atoms with Crippen LogP contribution in [0.5, 0.6) is 5.75 Å². The van der Waals surface area contributed by atoms with E-state index in [4.69, 9.17) is 10.00 Å². The summed E-state index contributed by atoms with van der Waals surface area (Å²) in [7, 11) is 3.75. The van der Waals surface area contributed by atoms with Crippen LogP contribution in [-0.4, -0.2) is 20.7 Å². The average Bonchev–Trinajstić information content (AvgIpc) is 3.09. The van der Waals surface area contributed by atoms with Gasteiger partial charge in [-0.3, -0.25) is 0 Å². The summed E-state index contributed by atoms with van der Waals surface area (Å²) >= 11 is 0. The molecule has 0 atom stereocenters. The molecule has 0 aliphatic heterocycles. The van der Waals surface area contributed by atoms with E-state index >= 15 is 0 Å². The highest BCUT2D eigenvalue weighted by Gasteiger charge is 2.43. The Balaban J connectivity index is 2.10. The molecule has 1 aliphatic rings. The molecule has 1 saturated carbocycles. The van der Waals surface area contributed by atoms with Crippen LogP contribution in [0.2, 0.25) is 0 Å². The van der Waals surface area contributed by atoms with E-state index in [1.807, 2.05) is 18.2 Å². The number of methoxy groups -OCH3 is 1. The maximum atomic E-state index is 8.83. The minimum atomic E-state index is 0.227. The summed E-state index contributed by atoms with van der Waals surface area (Å²) in [6, 6.07) is 10.3. The predicted molar refractivity (Wildman–Crippen MR) is 68.2 cm³/mol. The summed E-state index contributed by atoms with van der Waals surface area (Å²) in [5, 5.41) is 8.83. The van der Waals surface area contributed by atoms with Gasteiger partial charge >= 0.3 is 0 Å². The Hall–Kier alpha value is -1.69. The van der Waals surface area contributed by atoms with E-state index in [9.17, 15) is 0 Å². The summed E-state index contributed by atoms with van der Waals surface area (Å²) in [6.07, 6.45) is 2.99. The Labute approximate surface area is 103 Å². The van der Waals surface area contributed by atoms with Gasteiger partial charge in [-0.15, -0.1) is 0 Å². The van der Waals surface area contributed by atoms with Crippen LogP contribution >= 0.6 is 0 Å². The second-order valence-electron chi connectivity index (χ2n) is 4.86. The van der Waals surface area contributed by atoms with Gasteiger partial charge in [0, 0.05) is 25.4 Å². The molecule has 3 nitrogen and oxygen atoms in total. The van der Waals surface area contributed by atoms with Crippen molar-refractivity contribution in [3.63, 3.8) is 0 Å². The molecule has 0 heterocycles. The van der Waals surface area contributed by atoms with Gasteiger partial charge in [0.15, 0.2) is 0 Å². The molecule has 3 heteroatoms. The Kier molecular flexibility index (Phi) is 3.23. The second kappa shape index (κ2) is 4.67. The largest absolute Gasteiger partial charge is 0.495 e. The second-order valence-corrected chi connectivity index (χ2v) is 4.86. The van der Waals surface area contributed by atoms with Crippen molar-refractivity contribution < 1.29 is 4.74 Å². The molecule has 90 valence electrons. The summed E-state index contributed by atoms with van der Waals surface area (Å²) < 4.78 is 5.35. The van der Waals surface area contributed by atoms with E-state index in [1.165, 1.54) is 12.8 Å². The maximum Gasteiger partial charge on any atom is 0.142 e. The molecule has 0 amide bonds. The smallest absolute Gasteiger partial charge is 0.142 e. The first-order valence-corrected chi connectivity index (χ1v) is 5.92. The van der Waals surface area contributed by atoms with Crippen molar-refractivity contribution in [1.29, 1.82) is 5.26 Å². The zero-order valence-corrected chi connectivity index (χ0v) is 10.4. The minimum Gasteiger partial charge on any atom is -0.495 e. The topological polar surface area (TPSA) is 36.3 Å². The lowest BCUT2D eigenvalue weighted by Crippen LogP contribution is -2.26. The average molecular weight is 230 g/mol. The summed E-state index contributed by atoms with van der Waals surface area (Å²) in [6.45, 7) is 0.931. The van der Waals surface area contributed by atoms with E-state index in [2.05, 4.69) is 24.1 Å². The van der Waals surface area contributed by atoms with Gasteiger partial charge in [0.05, 0.1) is 18.9 Å². The van der Waals surface area contributed by atoms with E-state index in [0.29, 0.717) is 6.42 Å². The quantitative estimate of drug-likeness (QED) is 0.780. The van der Waals surface area contributed by atoms with Crippen LogP contribution in [0.3, 0.4) is 0 Å². The van der Waals surface area contributed by atoms with Gasteiger partial charge in [0.2, 0.25) is 0 Å². The number of nitriles is 1. The minimum absolute atomic E-state index is 0.227. The molecular weight excluding hydrogens is 212 g/mol. The Bertz CT molecular complexity index is 432. The van der Waals surface area contributed by atoms with Crippen molar-refractivity contribution in [2.75, 3.05) is 25.6 Å². The highest BCUT2D eigenvalue weighted by molar-refractivity contribution is 5.58. The standard InChI is InChI=1S/C14H18N2O/c1-16(11-14(7-8-14)9-10-15)12-5-3-4-6-13(12)17-2/h3-6H,7-9,11H2,1-2H3. The lowest BCUT2D eigenvalue weighted by molar-refractivity contribution is 0.413. The van der Waals surface area contributed by atoms with Crippen LogP contribution in [0.1, 0.15) is 19.3 Å². The van der Waals surface area contributed by atoms with Gasteiger partial charge in [0.1, 0.15) is 5.75 Å². The highest BCUT2D eigenvalue weighted by atomic mass is 16.5. The molecule has 0 unspecified atom stereocenters. The number of benzene rings is 1. The van der Waals surface area contributed by atoms with Crippen molar-refractivity contribution in [1.82, 2.24) is 0 Å². The van der Waals surface area contributed by atoms with Gasteiger partial charge in [-0.05, 0) is 25.0 Å². The fourth-order valence-corrected chi connectivity index (χ4v) is 2.27. The van der Waals surface area contributed by atoms with Crippen LogP contribution in [0.15, 0.2) is 24.3 Å². The number of para-hydroxylation sites is 2. The van der Waals surface area contributed by atoms with Crippen molar-refractivity contribution in [2.45, 2.75) is 19.3 Å². The third kappa shape index (κ3) is 2.52. The number of rotatable bonds is 5. The van der Waals surface area contributed by atoms with Crippen LogP contribution in [0, 0.1) is 16.7 Å². The van der Waals surface area contributed by atoms with E-state index < -0.39 is 0 Å². The van der Waals surface area contributed by atoms with Crippen molar-refractivity contribution in [2.24, 2.45) is 5.41 Å². The summed E-state index contributed by atoms with van der Waals surface area (Å²) in [5.74, 6) is 0.891. The van der Waals surface area contributed by atoms with E-state index in [1.54, 1.807) is 7.11 Å². The van der Waals surface area contributed by atoms with Gasteiger partial charge < -0.3 is 9.64 Å². The third-order valence-corrected chi connectivity index (χ3v) is 3.48. The normalized spacial score (nSPS) is 16.1. The monoisotopic (exact) mass is 230 g/mol. The van der Waals surface area contributed by atoms with Gasteiger partial charge in [0.25, 0.3) is 0 Å². The third-order valence-electron chi connectivity index (χ3n) is 3.48. The fraction of sp³-hybridized carbons (Fsp3) is 0.500. The molecule has 1 aromatic rings. The zero-order chi connectivity index (χ0) is 12.3. The Morgan fingerprint density at radius 2 is 2.12 bits per heavy atom. The van der Waals surface area contributed by atoms with Crippen LogP contribution in [0.25, 0.3) is 0 Å². The Morgan fingerprint density at radius 3 is 2.71 bits per heavy atom. The van der Waals surface area contributed by atoms with E-state index in [-0.39, 0.29) is 5.41 Å². The van der Waals surface area contributed by atoms with Crippen LogP contribution in [-0.2, 0) is 0 Å². The number of anilines is 1. The van der Waals surface area contributed by atoms with Crippen molar-refractivity contribution in [3.05, 3.63) is 24.3 Å². The first-order valence-electron chi connectivity index (χ1n) is 5.92. The highest BCUT2D eigenvalue weighted by Crippen LogP contribution is 2.49. The molecular formula is C14H18N2O. The lowest BCUT2D eigenvalue weighted by Gasteiger charge is -2.25. The van der Waals surface area contributed by atoms with Crippen LogP contribution < -0.4 is 9.64 Å². The molecule has 0 N–H and O–H groups in total. The molecule has 1 fully saturated rings. The molecule has 0 bridgehead atoms. The molecule has 0 aromatic heterocycles. The molecule has 0 spiro atoms. The first-order chi connectivity index (χ1) is 8.21. The van der Waals surface area contributed by atoms with Crippen molar-refractivity contribution in [3.8, 4) is 11.8 Å². The summed E-state index contributed by atoms with van der Waals surface area (Å²) in [4.78, 5) is 2.20.